The molecule has 4 atom stereocenters. The number of aliphatic hydroxyl groups is 1. The first-order valence-corrected chi connectivity index (χ1v) is 7.40. The highest BCUT2D eigenvalue weighted by Gasteiger charge is 2.40. The third-order valence-electron chi connectivity index (χ3n) is 4.33. The average Bonchev–Trinajstić information content (AvgIpc) is 2.92. The van der Waals surface area contributed by atoms with Crippen LogP contribution >= 0.6 is 22.9 Å². The van der Waals surface area contributed by atoms with Crippen LogP contribution < -0.4 is 0 Å². The summed E-state index contributed by atoms with van der Waals surface area (Å²) < 4.78 is 0. The van der Waals surface area contributed by atoms with Gasteiger partial charge in [0.25, 0.3) is 0 Å². The average molecular weight is 257 g/mol. The molecule has 0 aliphatic heterocycles. The highest BCUT2D eigenvalue weighted by atomic mass is 35.5. The van der Waals surface area contributed by atoms with Crippen LogP contribution in [0.5, 0.6) is 0 Å². The van der Waals surface area contributed by atoms with Gasteiger partial charge in [0, 0.05) is 10.3 Å². The van der Waals surface area contributed by atoms with Crippen LogP contribution in [0, 0.1) is 17.8 Å². The lowest BCUT2D eigenvalue weighted by molar-refractivity contribution is 0.128. The van der Waals surface area contributed by atoms with Crippen molar-refractivity contribution in [1.82, 2.24) is 0 Å². The molecule has 1 heterocycles. The Morgan fingerprint density at radius 2 is 2.31 bits per heavy atom. The molecule has 2 aliphatic rings. The molecule has 1 aromatic rings. The zero-order chi connectivity index (χ0) is 11.1. The summed E-state index contributed by atoms with van der Waals surface area (Å²) in [5.74, 6) is 2.62. The minimum absolute atomic E-state index is 0.290. The summed E-state index contributed by atoms with van der Waals surface area (Å²) in [4.78, 5) is 1.03. The monoisotopic (exact) mass is 256 g/mol. The molecule has 1 N–H and O–H groups in total. The van der Waals surface area contributed by atoms with E-state index in [1.165, 1.54) is 25.7 Å². The van der Waals surface area contributed by atoms with Gasteiger partial charge in [0.2, 0.25) is 0 Å². The molecule has 0 amide bonds. The number of hydrogen-bond acceptors (Lipinski definition) is 2. The Labute approximate surface area is 105 Å². The van der Waals surface area contributed by atoms with E-state index in [1.807, 2.05) is 11.4 Å². The van der Waals surface area contributed by atoms with Crippen molar-refractivity contribution in [3.8, 4) is 0 Å². The van der Waals surface area contributed by atoms with Gasteiger partial charge < -0.3 is 5.11 Å². The van der Waals surface area contributed by atoms with Crippen molar-refractivity contribution >= 4 is 22.9 Å². The molecule has 4 unspecified atom stereocenters. The Morgan fingerprint density at radius 3 is 2.88 bits per heavy atom. The standard InChI is InChI=1S/C13H17ClOS/c14-11-6-13(16-7-11)12(15)5-10-4-8-1-2-9(10)3-8/h6-10,12,15H,1-5H2. The van der Waals surface area contributed by atoms with Gasteiger partial charge in [0.15, 0.2) is 0 Å². The molecule has 0 saturated heterocycles. The van der Waals surface area contributed by atoms with E-state index in [2.05, 4.69) is 0 Å². The maximum absolute atomic E-state index is 10.2. The summed E-state index contributed by atoms with van der Waals surface area (Å²) >= 11 is 7.46. The van der Waals surface area contributed by atoms with Gasteiger partial charge in [-0.05, 0) is 49.5 Å². The minimum Gasteiger partial charge on any atom is -0.388 e. The molecule has 2 fully saturated rings. The molecule has 2 bridgehead atoms. The second-order valence-corrected chi connectivity index (χ2v) is 6.73. The molecule has 1 nitrogen and oxygen atoms in total. The molecule has 2 saturated carbocycles. The lowest BCUT2D eigenvalue weighted by Gasteiger charge is -2.23. The molecule has 1 aromatic heterocycles. The van der Waals surface area contributed by atoms with Crippen LogP contribution in [0.4, 0.5) is 0 Å². The van der Waals surface area contributed by atoms with Crippen molar-refractivity contribution in [2.45, 2.75) is 38.2 Å². The lowest BCUT2D eigenvalue weighted by Crippen LogP contribution is -2.13. The van der Waals surface area contributed by atoms with E-state index < -0.39 is 0 Å². The van der Waals surface area contributed by atoms with Crippen molar-refractivity contribution in [2.75, 3.05) is 0 Å². The topological polar surface area (TPSA) is 20.2 Å². The van der Waals surface area contributed by atoms with Crippen molar-refractivity contribution in [3.63, 3.8) is 0 Å². The number of aliphatic hydroxyl groups excluding tert-OH is 1. The number of rotatable bonds is 3. The smallest absolute Gasteiger partial charge is 0.0885 e. The van der Waals surface area contributed by atoms with Gasteiger partial charge in [-0.3, -0.25) is 0 Å². The first-order chi connectivity index (χ1) is 7.72. The van der Waals surface area contributed by atoms with Gasteiger partial charge in [-0.1, -0.05) is 18.0 Å². The molecule has 0 aromatic carbocycles. The van der Waals surface area contributed by atoms with Crippen LogP contribution in [0.15, 0.2) is 11.4 Å². The highest BCUT2D eigenvalue weighted by Crippen LogP contribution is 2.51. The van der Waals surface area contributed by atoms with Crippen LogP contribution in [0.1, 0.15) is 43.1 Å². The highest BCUT2D eigenvalue weighted by molar-refractivity contribution is 7.10. The first-order valence-electron chi connectivity index (χ1n) is 6.14. The summed E-state index contributed by atoms with van der Waals surface area (Å²) in [6.45, 7) is 0. The molecule has 2 aliphatic carbocycles. The van der Waals surface area contributed by atoms with Gasteiger partial charge in [-0.15, -0.1) is 11.3 Å². The van der Waals surface area contributed by atoms with Crippen LogP contribution in [-0.2, 0) is 0 Å². The fraction of sp³-hybridized carbons (Fsp3) is 0.692. The van der Waals surface area contributed by atoms with Crippen LogP contribution in [0.25, 0.3) is 0 Å². The molecule has 88 valence electrons. The Kier molecular flexibility index (Phi) is 2.99. The van der Waals surface area contributed by atoms with E-state index >= 15 is 0 Å². The Balaban J connectivity index is 1.62. The van der Waals surface area contributed by atoms with E-state index in [9.17, 15) is 5.11 Å². The van der Waals surface area contributed by atoms with Crippen molar-refractivity contribution < 1.29 is 5.11 Å². The number of thiophene rings is 1. The van der Waals surface area contributed by atoms with E-state index in [0.29, 0.717) is 0 Å². The fourth-order valence-corrected chi connectivity index (χ4v) is 4.65. The Hall–Kier alpha value is -0.0500. The van der Waals surface area contributed by atoms with Gasteiger partial charge >= 0.3 is 0 Å². The number of hydrogen-bond donors (Lipinski definition) is 1. The van der Waals surface area contributed by atoms with Crippen LogP contribution in [0.2, 0.25) is 5.02 Å². The van der Waals surface area contributed by atoms with E-state index in [4.69, 9.17) is 11.6 Å². The fourth-order valence-electron chi connectivity index (χ4n) is 3.57. The third-order valence-corrected chi connectivity index (χ3v) is 5.71. The minimum atomic E-state index is -0.290. The van der Waals surface area contributed by atoms with Crippen LogP contribution in [0.3, 0.4) is 0 Å². The molecular formula is C13H17ClOS. The molecule has 16 heavy (non-hydrogen) atoms. The van der Waals surface area contributed by atoms with Gasteiger partial charge in [0.05, 0.1) is 11.1 Å². The molecule has 3 rings (SSSR count). The normalized spacial score (nSPS) is 34.5. The predicted octanol–water partition coefficient (Wildman–Crippen LogP) is 4.26. The molecule has 3 heteroatoms. The van der Waals surface area contributed by atoms with E-state index in [1.54, 1.807) is 11.3 Å². The van der Waals surface area contributed by atoms with Gasteiger partial charge in [-0.25, -0.2) is 0 Å². The van der Waals surface area contributed by atoms with Gasteiger partial charge in [-0.2, -0.15) is 0 Å². The lowest BCUT2D eigenvalue weighted by atomic mass is 9.84. The quantitative estimate of drug-likeness (QED) is 0.857. The largest absolute Gasteiger partial charge is 0.388 e. The third kappa shape index (κ3) is 2.03. The van der Waals surface area contributed by atoms with E-state index in [-0.39, 0.29) is 6.10 Å². The SMILES string of the molecule is OC(CC1CC2CCC1C2)c1cc(Cl)cs1. The van der Waals surface area contributed by atoms with Crippen molar-refractivity contribution in [2.24, 2.45) is 17.8 Å². The number of fused-ring (bicyclic) bond motifs is 2. The predicted molar refractivity (Wildman–Crippen MR) is 67.8 cm³/mol. The van der Waals surface area contributed by atoms with Crippen LogP contribution in [-0.4, -0.2) is 5.11 Å². The summed E-state index contributed by atoms with van der Waals surface area (Å²) in [7, 11) is 0. The maximum atomic E-state index is 10.2. The van der Waals surface area contributed by atoms with Gasteiger partial charge in [0.1, 0.15) is 0 Å². The zero-order valence-corrected chi connectivity index (χ0v) is 10.8. The zero-order valence-electron chi connectivity index (χ0n) is 9.23. The molecular weight excluding hydrogens is 240 g/mol. The Morgan fingerprint density at radius 1 is 1.44 bits per heavy atom. The van der Waals surface area contributed by atoms with Crippen molar-refractivity contribution in [1.29, 1.82) is 0 Å². The molecule has 0 radical (unpaired) electrons. The maximum Gasteiger partial charge on any atom is 0.0885 e. The van der Waals surface area contributed by atoms with Crippen molar-refractivity contribution in [3.05, 3.63) is 21.3 Å². The Bertz CT molecular complexity index is 376. The second-order valence-electron chi connectivity index (χ2n) is 5.35. The summed E-state index contributed by atoms with van der Waals surface area (Å²) in [6, 6.07) is 1.91. The summed E-state index contributed by atoms with van der Waals surface area (Å²) in [5.41, 5.74) is 0. The summed E-state index contributed by atoms with van der Waals surface area (Å²) in [6.07, 6.45) is 6.25. The second kappa shape index (κ2) is 4.32. The molecule has 0 spiro atoms. The first kappa shape index (κ1) is 11.1. The number of halogens is 1. The summed E-state index contributed by atoms with van der Waals surface area (Å²) in [5, 5.41) is 12.8. The van der Waals surface area contributed by atoms with E-state index in [0.717, 1.165) is 34.1 Å².